The van der Waals surface area contributed by atoms with Crippen molar-refractivity contribution in [2.75, 3.05) is 0 Å². The summed E-state index contributed by atoms with van der Waals surface area (Å²) in [4.78, 5) is 4.15. The summed E-state index contributed by atoms with van der Waals surface area (Å²) < 4.78 is 7.19. The lowest BCUT2D eigenvalue weighted by Gasteiger charge is -2.05. The Morgan fingerprint density at radius 2 is 2.11 bits per heavy atom. The van der Waals surface area contributed by atoms with Crippen molar-refractivity contribution >= 4 is 11.3 Å². The van der Waals surface area contributed by atoms with Gasteiger partial charge in [0.25, 0.3) is 0 Å². The van der Waals surface area contributed by atoms with Gasteiger partial charge in [0.15, 0.2) is 0 Å². The minimum absolute atomic E-state index is 0.480. The van der Waals surface area contributed by atoms with Gasteiger partial charge in [0.2, 0.25) is 0 Å². The Morgan fingerprint density at radius 1 is 1.22 bits per heavy atom. The maximum atomic E-state index is 5.61. The number of nitrogens with zero attached hydrogens (tertiary/aromatic N) is 5. The summed E-state index contributed by atoms with van der Waals surface area (Å²) in [6, 6.07) is 7.55. The van der Waals surface area contributed by atoms with Crippen LogP contribution in [0.5, 0.6) is 5.75 Å². The number of aromatic nitrogens is 5. The van der Waals surface area contributed by atoms with E-state index >= 15 is 0 Å². The Hall–Kier alpha value is -2.28. The van der Waals surface area contributed by atoms with Gasteiger partial charge in [-0.05, 0) is 34.7 Å². The van der Waals surface area contributed by atoms with E-state index in [0.29, 0.717) is 6.61 Å². The highest BCUT2D eigenvalue weighted by molar-refractivity contribution is 7.07. The fraction of sp³-hybridized carbons (Fsp3) is 0.0909. The zero-order valence-corrected chi connectivity index (χ0v) is 10.1. The number of benzene rings is 1. The zero-order chi connectivity index (χ0) is 12.2. The molecular weight excluding hydrogens is 250 g/mol. The molecule has 2 aromatic heterocycles. The molecule has 0 saturated carbocycles. The number of hydrogen-bond acceptors (Lipinski definition) is 6. The van der Waals surface area contributed by atoms with Crippen LogP contribution in [0.3, 0.4) is 0 Å². The second-order valence-corrected chi connectivity index (χ2v) is 4.24. The minimum atomic E-state index is 0.480. The molecule has 0 atom stereocenters. The molecule has 3 aromatic rings. The number of thiazole rings is 1. The standard InChI is InChI=1S/C11H9N5OS/c1-3-11(17-5-9-6-18-8-12-9)4-2-10(1)16-7-13-14-15-16/h1-4,6-8H,5H2. The van der Waals surface area contributed by atoms with Gasteiger partial charge in [-0.1, -0.05) is 0 Å². The van der Waals surface area contributed by atoms with Crippen LogP contribution in [0.15, 0.2) is 41.5 Å². The van der Waals surface area contributed by atoms with E-state index in [-0.39, 0.29) is 0 Å². The first kappa shape index (κ1) is 10.8. The molecule has 90 valence electrons. The molecule has 0 bridgehead atoms. The second kappa shape index (κ2) is 4.92. The third kappa shape index (κ3) is 2.35. The molecule has 0 saturated heterocycles. The smallest absolute Gasteiger partial charge is 0.143 e. The molecule has 7 heteroatoms. The van der Waals surface area contributed by atoms with Crippen LogP contribution >= 0.6 is 11.3 Å². The summed E-state index contributed by atoms with van der Waals surface area (Å²) in [5.74, 6) is 0.792. The average Bonchev–Trinajstić information content (AvgIpc) is 3.10. The van der Waals surface area contributed by atoms with Gasteiger partial charge >= 0.3 is 0 Å². The van der Waals surface area contributed by atoms with E-state index in [2.05, 4.69) is 20.5 Å². The van der Waals surface area contributed by atoms with Crippen LogP contribution in [-0.2, 0) is 6.61 Å². The first-order valence-electron chi connectivity index (χ1n) is 5.25. The molecule has 6 nitrogen and oxygen atoms in total. The molecule has 2 heterocycles. The monoisotopic (exact) mass is 259 g/mol. The predicted molar refractivity (Wildman–Crippen MR) is 65.6 cm³/mol. The van der Waals surface area contributed by atoms with Crippen LogP contribution in [0.4, 0.5) is 0 Å². The quantitative estimate of drug-likeness (QED) is 0.713. The molecule has 3 rings (SSSR count). The van der Waals surface area contributed by atoms with Gasteiger partial charge in [-0.3, -0.25) is 0 Å². The molecule has 0 amide bonds. The highest BCUT2D eigenvalue weighted by Crippen LogP contribution is 2.15. The SMILES string of the molecule is c1nc(COc2ccc(-n3cnnn3)cc2)cs1. The molecule has 0 aliphatic rings. The Balaban J connectivity index is 1.68. The number of rotatable bonds is 4. The molecule has 0 aliphatic carbocycles. The first-order valence-corrected chi connectivity index (χ1v) is 6.19. The van der Waals surface area contributed by atoms with Crippen LogP contribution in [0.2, 0.25) is 0 Å². The molecule has 18 heavy (non-hydrogen) atoms. The van der Waals surface area contributed by atoms with Crippen molar-refractivity contribution in [2.45, 2.75) is 6.61 Å². The van der Waals surface area contributed by atoms with E-state index < -0.39 is 0 Å². The highest BCUT2D eigenvalue weighted by atomic mass is 32.1. The summed E-state index contributed by atoms with van der Waals surface area (Å²) in [7, 11) is 0. The van der Waals surface area contributed by atoms with Gasteiger partial charge < -0.3 is 4.74 Å². The molecular formula is C11H9N5OS. The number of ether oxygens (including phenoxy) is 1. The lowest BCUT2D eigenvalue weighted by Crippen LogP contribution is -1.97. The Bertz CT molecular complexity index is 591. The predicted octanol–water partition coefficient (Wildman–Crippen LogP) is 1.70. The van der Waals surface area contributed by atoms with Gasteiger partial charge in [-0.2, -0.15) is 0 Å². The highest BCUT2D eigenvalue weighted by Gasteiger charge is 2.00. The van der Waals surface area contributed by atoms with Crippen LogP contribution in [0.1, 0.15) is 5.69 Å². The Morgan fingerprint density at radius 3 is 2.78 bits per heavy atom. The van der Waals surface area contributed by atoms with Gasteiger partial charge in [0.1, 0.15) is 18.7 Å². The number of tetrazole rings is 1. The summed E-state index contributed by atoms with van der Waals surface area (Å²) in [5.41, 5.74) is 3.62. The van der Waals surface area contributed by atoms with Gasteiger partial charge in [-0.25, -0.2) is 9.67 Å². The molecule has 0 spiro atoms. The van der Waals surface area contributed by atoms with Crippen molar-refractivity contribution in [1.29, 1.82) is 0 Å². The van der Waals surface area contributed by atoms with E-state index in [1.165, 1.54) is 0 Å². The van der Waals surface area contributed by atoms with Crippen molar-refractivity contribution in [3.63, 3.8) is 0 Å². The third-order valence-electron chi connectivity index (χ3n) is 2.32. The summed E-state index contributed by atoms with van der Waals surface area (Å²) in [5, 5.41) is 12.9. The van der Waals surface area contributed by atoms with Crippen molar-refractivity contribution < 1.29 is 4.74 Å². The third-order valence-corrected chi connectivity index (χ3v) is 2.96. The van der Waals surface area contributed by atoms with Crippen molar-refractivity contribution in [2.24, 2.45) is 0 Å². The van der Waals surface area contributed by atoms with Crippen LogP contribution < -0.4 is 4.74 Å². The summed E-state index contributed by atoms with van der Waals surface area (Å²) in [6.45, 7) is 0.480. The van der Waals surface area contributed by atoms with Crippen LogP contribution in [-0.4, -0.2) is 25.2 Å². The fourth-order valence-electron chi connectivity index (χ4n) is 1.44. The van der Waals surface area contributed by atoms with E-state index in [9.17, 15) is 0 Å². The minimum Gasteiger partial charge on any atom is -0.487 e. The van der Waals surface area contributed by atoms with Crippen molar-refractivity contribution in [3.05, 3.63) is 47.2 Å². The maximum Gasteiger partial charge on any atom is 0.143 e. The molecule has 0 N–H and O–H groups in total. The topological polar surface area (TPSA) is 65.7 Å². The van der Waals surface area contributed by atoms with E-state index in [0.717, 1.165) is 17.1 Å². The molecule has 0 fully saturated rings. The average molecular weight is 259 g/mol. The largest absolute Gasteiger partial charge is 0.487 e. The molecule has 0 aliphatic heterocycles. The van der Waals surface area contributed by atoms with Gasteiger partial charge in [0, 0.05) is 5.38 Å². The van der Waals surface area contributed by atoms with Crippen molar-refractivity contribution in [3.8, 4) is 11.4 Å². The Kier molecular flexibility index (Phi) is 2.97. The fourth-order valence-corrected chi connectivity index (χ4v) is 1.98. The van der Waals surface area contributed by atoms with E-state index in [4.69, 9.17) is 4.74 Å². The normalized spacial score (nSPS) is 10.4. The zero-order valence-electron chi connectivity index (χ0n) is 9.30. The lowest BCUT2D eigenvalue weighted by molar-refractivity contribution is 0.302. The Labute approximate surface area is 107 Å². The second-order valence-electron chi connectivity index (χ2n) is 3.52. The van der Waals surface area contributed by atoms with Gasteiger partial charge in [0.05, 0.1) is 16.9 Å². The molecule has 0 radical (unpaired) electrons. The van der Waals surface area contributed by atoms with E-state index in [1.54, 1.807) is 27.9 Å². The van der Waals surface area contributed by atoms with Crippen LogP contribution in [0, 0.1) is 0 Å². The molecule has 1 aromatic carbocycles. The first-order chi connectivity index (χ1) is 8.92. The number of hydrogen-bond donors (Lipinski definition) is 0. The molecule has 0 unspecified atom stereocenters. The summed E-state index contributed by atoms with van der Waals surface area (Å²) >= 11 is 1.56. The van der Waals surface area contributed by atoms with Crippen LogP contribution in [0.25, 0.3) is 5.69 Å². The van der Waals surface area contributed by atoms with Gasteiger partial charge in [-0.15, -0.1) is 16.4 Å². The van der Waals surface area contributed by atoms with E-state index in [1.807, 2.05) is 29.6 Å². The maximum absolute atomic E-state index is 5.61. The van der Waals surface area contributed by atoms with Crippen molar-refractivity contribution in [1.82, 2.24) is 25.2 Å². The summed E-state index contributed by atoms with van der Waals surface area (Å²) in [6.07, 6.45) is 1.55. The lowest BCUT2D eigenvalue weighted by atomic mass is 10.3.